The van der Waals surface area contributed by atoms with Gasteiger partial charge < -0.3 is 9.88 Å². The van der Waals surface area contributed by atoms with Crippen molar-refractivity contribution in [2.24, 2.45) is 4.99 Å². The predicted molar refractivity (Wildman–Crippen MR) is 56.8 cm³/mol. The van der Waals surface area contributed by atoms with Gasteiger partial charge in [0.15, 0.2) is 0 Å². The van der Waals surface area contributed by atoms with Crippen LogP contribution < -0.4 is 10.6 Å². The maximum Gasteiger partial charge on any atom is 0.137 e. The van der Waals surface area contributed by atoms with Gasteiger partial charge in [0.2, 0.25) is 0 Å². The zero-order chi connectivity index (χ0) is 9.84. The van der Waals surface area contributed by atoms with Gasteiger partial charge >= 0.3 is 0 Å². The summed E-state index contributed by atoms with van der Waals surface area (Å²) in [6.07, 6.45) is 3.65. The highest BCUT2D eigenvalue weighted by Crippen LogP contribution is 1.96. The van der Waals surface area contributed by atoms with E-state index in [1.165, 1.54) is 0 Å². The summed E-state index contributed by atoms with van der Waals surface area (Å²) in [7, 11) is 3.93. The topological polar surface area (TPSA) is 31.4 Å². The first kappa shape index (κ1) is 9.58. The Kier molecular flexibility index (Phi) is 2.90. The first-order chi connectivity index (χ1) is 6.16. The highest BCUT2D eigenvalue weighted by Gasteiger charge is 1.98. The molecule has 0 aliphatic carbocycles. The predicted octanol–water partition coefficient (Wildman–Crippen LogP) is 0.143. The first-order valence-electron chi connectivity index (χ1n) is 4.19. The molecule has 13 heavy (non-hydrogen) atoms. The van der Waals surface area contributed by atoms with Crippen molar-refractivity contribution in [3.8, 4) is 0 Å². The Hall–Kier alpha value is -1.51. The molecule has 0 saturated carbocycles. The van der Waals surface area contributed by atoms with Crippen molar-refractivity contribution in [1.82, 2.24) is 9.88 Å². The third-order valence-corrected chi connectivity index (χ3v) is 1.75. The van der Waals surface area contributed by atoms with Crippen molar-refractivity contribution < 1.29 is 0 Å². The smallest absolute Gasteiger partial charge is 0.137 e. The van der Waals surface area contributed by atoms with E-state index in [4.69, 9.17) is 0 Å². The minimum atomic E-state index is 0.898. The average Bonchev–Trinajstić information content (AvgIpc) is 2.47. The maximum absolute atomic E-state index is 4.28. The van der Waals surface area contributed by atoms with Crippen LogP contribution in [0.4, 0.5) is 0 Å². The van der Waals surface area contributed by atoms with Crippen LogP contribution in [0.3, 0.4) is 0 Å². The summed E-state index contributed by atoms with van der Waals surface area (Å²) in [5, 5.41) is 1.94. The second-order valence-electron chi connectivity index (χ2n) is 2.98. The van der Waals surface area contributed by atoms with Gasteiger partial charge in [0.05, 0.1) is 0 Å². The molecule has 0 aliphatic rings. The van der Waals surface area contributed by atoms with E-state index in [0.717, 1.165) is 16.4 Å². The SMILES string of the molecule is C=c1[nH]cc/c1=C(/N=CC)N(C)C. The molecule has 1 rings (SSSR count). The van der Waals surface area contributed by atoms with Gasteiger partial charge in [0, 0.05) is 37.1 Å². The summed E-state index contributed by atoms with van der Waals surface area (Å²) < 4.78 is 0. The molecule has 1 aromatic heterocycles. The van der Waals surface area contributed by atoms with Gasteiger partial charge in [0.25, 0.3) is 0 Å². The monoisotopic (exact) mass is 177 g/mol. The minimum absolute atomic E-state index is 0.898. The van der Waals surface area contributed by atoms with Crippen LogP contribution in [0, 0.1) is 0 Å². The summed E-state index contributed by atoms with van der Waals surface area (Å²) in [5.74, 6) is 0.925. The van der Waals surface area contributed by atoms with Crippen molar-refractivity contribution in [3.63, 3.8) is 0 Å². The molecule has 1 aromatic rings. The Morgan fingerprint density at radius 3 is 2.69 bits per heavy atom. The van der Waals surface area contributed by atoms with Gasteiger partial charge in [-0.3, -0.25) is 0 Å². The first-order valence-corrected chi connectivity index (χ1v) is 4.19. The van der Waals surface area contributed by atoms with Gasteiger partial charge in [-0.25, -0.2) is 4.99 Å². The lowest BCUT2D eigenvalue weighted by molar-refractivity contribution is 0.576. The van der Waals surface area contributed by atoms with Gasteiger partial charge in [-0.05, 0) is 13.0 Å². The number of nitrogens with one attached hydrogen (secondary N) is 1. The lowest BCUT2D eigenvalue weighted by Gasteiger charge is -2.11. The second-order valence-corrected chi connectivity index (χ2v) is 2.98. The Balaban J connectivity index is 3.43. The van der Waals surface area contributed by atoms with Crippen molar-refractivity contribution in [2.75, 3.05) is 14.1 Å². The quantitative estimate of drug-likeness (QED) is 0.640. The van der Waals surface area contributed by atoms with E-state index < -0.39 is 0 Å². The number of hydrogen-bond acceptors (Lipinski definition) is 2. The second kappa shape index (κ2) is 3.94. The lowest BCUT2D eigenvalue weighted by atomic mass is 10.4. The fourth-order valence-electron chi connectivity index (χ4n) is 1.16. The van der Waals surface area contributed by atoms with Crippen LogP contribution >= 0.6 is 0 Å². The van der Waals surface area contributed by atoms with E-state index in [9.17, 15) is 0 Å². The summed E-state index contributed by atoms with van der Waals surface area (Å²) in [4.78, 5) is 9.28. The molecule has 0 amide bonds. The number of aliphatic imine (C=N–C) groups is 1. The Morgan fingerprint density at radius 2 is 2.31 bits per heavy atom. The lowest BCUT2D eigenvalue weighted by Crippen LogP contribution is -2.28. The van der Waals surface area contributed by atoms with E-state index in [0.29, 0.717) is 0 Å². The Labute approximate surface area is 78.1 Å². The van der Waals surface area contributed by atoms with E-state index in [1.54, 1.807) is 6.21 Å². The summed E-state index contributed by atoms with van der Waals surface area (Å²) in [5.41, 5.74) is 0. The molecule has 3 heteroatoms. The van der Waals surface area contributed by atoms with Crippen molar-refractivity contribution in [1.29, 1.82) is 0 Å². The van der Waals surface area contributed by atoms with Crippen LogP contribution in [-0.4, -0.2) is 30.2 Å². The van der Waals surface area contributed by atoms with E-state index in [2.05, 4.69) is 16.6 Å². The molecule has 3 nitrogen and oxygen atoms in total. The van der Waals surface area contributed by atoms with Gasteiger partial charge in [-0.1, -0.05) is 6.58 Å². The Morgan fingerprint density at radius 1 is 1.62 bits per heavy atom. The van der Waals surface area contributed by atoms with Crippen LogP contribution in [0.25, 0.3) is 12.4 Å². The van der Waals surface area contributed by atoms with Crippen LogP contribution in [0.15, 0.2) is 17.3 Å². The van der Waals surface area contributed by atoms with E-state index in [-0.39, 0.29) is 0 Å². The fourth-order valence-corrected chi connectivity index (χ4v) is 1.16. The number of aromatic nitrogens is 1. The number of H-pyrrole nitrogens is 1. The molecule has 0 unspecified atom stereocenters. The van der Waals surface area contributed by atoms with Crippen molar-refractivity contribution in [3.05, 3.63) is 22.8 Å². The number of aromatic amines is 1. The maximum atomic E-state index is 4.28. The highest BCUT2D eigenvalue weighted by atomic mass is 15.2. The zero-order valence-electron chi connectivity index (χ0n) is 8.33. The molecule has 1 heterocycles. The van der Waals surface area contributed by atoms with Crippen LogP contribution in [0.1, 0.15) is 6.92 Å². The van der Waals surface area contributed by atoms with E-state index in [1.807, 2.05) is 38.2 Å². The molecule has 0 spiro atoms. The zero-order valence-corrected chi connectivity index (χ0v) is 8.33. The third kappa shape index (κ3) is 1.99. The molecular weight excluding hydrogens is 162 g/mol. The fraction of sp³-hybridized carbons (Fsp3) is 0.300. The highest BCUT2D eigenvalue weighted by molar-refractivity contribution is 5.62. The molecule has 0 saturated heterocycles. The number of hydrogen-bond donors (Lipinski definition) is 1. The van der Waals surface area contributed by atoms with Crippen LogP contribution in [0.5, 0.6) is 0 Å². The standard InChI is InChI=1S/C10H15N3/c1-5-11-10(13(3)4)9-6-7-12-8(9)2/h5-7,12H,2H2,1,3-4H3/b10-9+,11-5?. The van der Waals surface area contributed by atoms with Gasteiger partial charge in [-0.15, -0.1) is 0 Å². The van der Waals surface area contributed by atoms with Crippen LogP contribution in [0.2, 0.25) is 0 Å². The Bertz CT molecular complexity index is 398. The molecule has 0 atom stereocenters. The van der Waals surface area contributed by atoms with Crippen molar-refractivity contribution in [2.45, 2.75) is 6.92 Å². The molecule has 0 aliphatic heterocycles. The molecule has 70 valence electrons. The minimum Gasteiger partial charge on any atom is -0.362 e. The largest absolute Gasteiger partial charge is 0.362 e. The summed E-state index contributed by atoms with van der Waals surface area (Å²) in [6.45, 7) is 5.79. The molecular formula is C10H15N3. The number of nitrogens with zero attached hydrogens (tertiary/aromatic N) is 2. The van der Waals surface area contributed by atoms with Crippen LogP contribution in [-0.2, 0) is 0 Å². The van der Waals surface area contributed by atoms with Crippen molar-refractivity contribution >= 4 is 18.6 Å². The molecule has 1 N–H and O–H groups in total. The normalized spacial score (nSPS) is 13.5. The molecule has 0 bridgehead atoms. The number of rotatable bonds is 2. The van der Waals surface area contributed by atoms with E-state index >= 15 is 0 Å². The van der Waals surface area contributed by atoms with Gasteiger partial charge in [0.1, 0.15) is 5.82 Å². The average molecular weight is 177 g/mol. The third-order valence-electron chi connectivity index (χ3n) is 1.75. The molecule has 0 fully saturated rings. The summed E-state index contributed by atoms with van der Waals surface area (Å²) in [6, 6.07) is 1.98. The summed E-state index contributed by atoms with van der Waals surface area (Å²) >= 11 is 0. The molecule has 0 aromatic carbocycles. The van der Waals surface area contributed by atoms with Gasteiger partial charge in [-0.2, -0.15) is 0 Å². The molecule has 0 radical (unpaired) electrons.